The second-order valence-corrected chi connectivity index (χ2v) is 12.2. The van der Waals surface area contributed by atoms with Gasteiger partial charge in [0.05, 0.1) is 0 Å². The number of nitrogens with one attached hydrogen (secondary N) is 2. The molecule has 0 atom stereocenters. The van der Waals surface area contributed by atoms with Crippen molar-refractivity contribution < 1.29 is 20.6 Å². The van der Waals surface area contributed by atoms with Crippen LogP contribution in [0.2, 0.25) is 10.5 Å². The van der Waals surface area contributed by atoms with E-state index >= 15 is 0 Å². The van der Waals surface area contributed by atoms with Crippen molar-refractivity contribution in [3.05, 3.63) is 30.3 Å². The number of benzene rings is 1. The van der Waals surface area contributed by atoms with E-state index in [-0.39, 0.29) is 37.2 Å². The summed E-state index contributed by atoms with van der Waals surface area (Å²) in [4.78, 5) is 0. The first-order valence-corrected chi connectivity index (χ1v) is 13.0. The fourth-order valence-electron chi connectivity index (χ4n) is 2.87. The van der Waals surface area contributed by atoms with Gasteiger partial charge in [0, 0.05) is 0 Å². The third-order valence-electron chi connectivity index (χ3n) is 4.14. The summed E-state index contributed by atoms with van der Waals surface area (Å²) in [5.41, 5.74) is 0. The van der Waals surface area contributed by atoms with E-state index in [1.807, 2.05) is 6.07 Å². The number of nitrogens with zero attached hydrogens (tertiary/aromatic N) is 1. The van der Waals surface area contributed by atoms with E-state index in [4.69, 9.17) is 3.32 Å². The minimum absolute atomic E-state index is 0. The van der Waals surface area contributed by atoms with E-state index in [1.54, 1.807) is 0 Å². The molecule has 0 spiro atoms. The van der Waals surface area contributed by atoms with Crippen molar-refractivity contribution >= 4 is 37.2 Å². The number of hydrogen-bond donors (Lipinski definition) is 2. The standard InChI is InChI=1S/C9H20N3.C6H6O.2CH3.3ClH.Ti/c1-4-10-6-2-8-12-9-3-7-11-5-1;7-6-4-2-1-3-5-6;;;;;;/h10-11H,1-9H2;1-5,7H;2*1H3;3*1H;/q-1;;;;;;;+2/p-1. The molecule has 0 radical (unpaired) electrons. The number of halogens is 3. The molecule has 0 aliphatic carbocycles. The molecule has 1 aromatic carbocycles. The van der Waals surface area contributed by atoms with Crippen molar-refractivity contribution in [1.29, 1.82) is 0 Å². The van der Waals surface area contributed by atoms with Gasteiger partial charge in [0.1, 0.15) is 0 Å². The van der Waals surface area contributed by atoms with Crippen LogP contribution in [0.5, 0.6) is 5.75 Å². The third kappa shape index (κ3) is 11.0. The molecule has 1 aliphatic rings. The Balaban J connectivity index is 0. The van der Waals surface area contributed by atoms with Crippen LogP contribution in [0.4, 0.5) is 0 Å². The summed E-state index contributed by atoms with van der Waals surface area (Å²) in [5, 5.41) is 11.8. The molecule has 0 saturated carbocycles. The summed E-state index contributed by atoms with van der Waals surface area (Å²) < 4.78 is 9.09. The zero-order valence-electron chi connectivity index (χ0n) is 15.3. The van der Waals surface area contributed by atoms with Gasteiger partial charge in [-0.3, -0.25) is 0 Å². The fourth-order valence-corrected chi connectivity index (χ4v) is 6.36. The van der Waals surface area contributed by atoms with E-state index in [0.29, 0.717) is 0 Å². The van der Waals surface area contributed by atoms with Gasteiger partial charge in [-0.15, -0.1) is 37.2 Å². The monoisotopic (exact) mass is 449 g/mol. The zero-order valence-corrected chi connectivity index (χ0v) is 19.3. The van der Waals surface area contributed by atoms with Crippen LogP contribution in [0.1, 0.15) is 19.3 Å². The van der Waals surface area contributed by atoms with Crippen LogP contribution in [0.3, 0.4) is 0 Å². The van der Waals surface area contributed by atoms with Crippen molar-refractivity contribution in [3.63, 3.8) is 0 Å². The molecule has 1 fully saturated rings. The molecule has 1 aliphatic heterocycles. The Morgan fingerprint density at radius 2 is 1.28 bits per heavy atom. The molecule has 25 heavy (non-hydrogen) atoms. The second-order valence-electron chi connectivity index (χ2n) is 6.41. The molecular weight excluding hydrogens is 416 g/mol. The van der Waals surface area contributed by atoms with Crippen LogP contribution >= 0.6 is 37.2 Å². The quantitative estimate of drug-likeness (QED) is 0.681. The van der Waals surface area contributed by atoms with Crippen LogP contribution in [-0.2, 0) is 17.2 Å². The topological polar surface area (TPSA) is 36.5 Å². The van der Waals surface area contributed by atoms with Gasteiger partial charge in [-0.25, -0.2) is 0 Å². The molecule has 4 nitrogen and oxygen atoms in total. The predicted octanol–water partition coefficient (Wildman–Crippen LogP) is 4.08. The van der Waals surface area contributed by atoms with E-state index in [2.05, 4.69) is 48.7 Å². The molecule has 2 N–H and O–H groups in total. The van der Waals surface area contributed by atoms with Crippen LogP contribution in [-0.4, -0.2) is 42.7 Å². The predicted molar refractivity (Wildman–Crippen MR) is 112 cm³/mol. The van der Waals surface area contributed by atoms with Crippen LogP contribution < -0.4 is 14.0 Å². The Labute approximate surface area is 176 Å². The first-order valence-electron chi connectivity index (χ1n) is 8.59. The molecule has 148 valence electrons. The molecule has 0 amide bonds. The van der Waals surface area contributed by atoms with Crippen molar-refractivity contribution in [1.82, 2.24) is 14.0 Å². The molecule has 0 bridgehead atoms. The van der Waals surface area contributed by atoms with Gasteiger partial charge >= 0.3 is 140 Å². The molecule has 1 heterocycles. The Hall–Kier alpha value is 0.484. The van der Waals surface area contributed by atoms with Gasteiger partial charge in [0.15, 0.2) is 0 Å². The van der Waals surface area contributed by atoms with Crippen LogP contribution in [0.15, 0.2) is 30.3 Å². The number of hydrogen-bond acceptors (Lipinski definition) is 4. The van der Waals surface area contributed by atoms with Crippen molar-refractivity contribution in [2.24, 2.45) is 0 Å². The summed E-state index contributed by atoms with van der Waals surface area (Å²) in [6.07, 6.45) is 3.64. The van der Waals surface area contributed by atoms with Gasteiger partial charge in [-0.05, 0) is 0 Å². The molecule has 1 aromatic rings. The van der Waals surface area contributed by atoms with Crippen LogP contribution in [0.25, 0.3) is 0 Å². The number of rotatable bonds is 3. The molecule has 0 aromatic heterocycles. The summed E-state index contributed by atoms with van der Waals surface area (Å²) in [6, 6.07) is 10.3. The Kier molecular flexibility index (Phi) is 17.2. The van der Waals surface area contributed by atoms with Gasteiger partial charge in [0.2, 0.25) is 0 Å². The molecular formula is C17H34Cl3N3OTi. The van der Waals surface area contributed by atoms with Gasteiger partial charge in [-0.1, -0.05) is 0 Å². The van der Waals surface area contributed by atoms with Crippen molar-refractivity contribution in [3.8, 4) is 5.75 Å². The molecule has 8 heteroatoms. The number of para-hydroxylation sites is 1. The van der Waals surface area contributed by atoms with Gasteiger partial charge in [0.25, 0.3) is 0 Å². The molecule has 0 unspecified atom stereocenters. The minimum atomic E-state index is -2.45. The average molecular weight is 451 g/mol. The Morgan fingerprint density at radius 3 is 1.80 bits per heavy atom. The van der Waals surface area contributed by atoms with E-state index in [0.717, 1.165) is 45.0 Å². The van der Waals surface area contributed by atoms with Gasteiger partial charge in [-0.2, -0.15) is 0 Å². The summed E-state index contributed by atoms with van der Waals surface area (Å²) in [7, 11) is 0. The van der Waals surface area contributed by atoms with Crippen molar-refractivity contribution in [2.45, 2.75) is 29.7 Å². The van der Waals surface area contributed by atoms with E-state index in [9.17, 15) is 0 Å². The summed E-state index contributed by atoms with van der Waals surface area (Å²) >= 11 is -2.45. The summed E-state index contributed by atoms with van der Waals surface area (Å²) in [5.74, 6) is 1.02. The zero-order chi connectivity index (χ0) is 15.7. The Bertz CT molecular complexity index is 415. The first-order chi connectivity index (χ1) is 10.7. The maximum atomic E-state index is 6.44. The van der Waals surface area contributed by atoms with Crippen molar-refractivity contribution in [2.75, 3.05) is 39.3 Å². The van der Waals surface area contributed by atoms with Gasteiger partial charge < -0.3 is 0 Å². The van der Waals surface area contributed by atoms with E-state index in [1.165, 1.54) is 19.3 Å². The Morgan fingerprint density at radius 1 is 0.800 bits per heavy atom. The average Bonchev–Trinajstić information content (AvgIpc) is 2.48. The maximum absolute atomic E-state index is 6.44. The molecule has 1 saturated heterocycles. The normalized spacial score (nSPS) is 17.5. The van der Waals surface area contributed by atoms with Crippen LogP contribution in [0, 0.1) is 0 Å². The third-order valence-corrected chi connectivity index (χ3v) is 8.37. The van der Waals surface area contributed by atoms with E-state index < -0.39 is 17.2 Å². The summed E-state index contributed by atoms with van der Waals surface area (Å²) in [6.45, 7) is 6.76. The SMILES string of the molecule is Cl.Cl.Cl.[CH3][Ti]([CH3])([O]c1ccccc1)[N]1CCCNCCCNCCC1. The first kappa shape index (κ1) is 27.7. The molecule has 2 rings (SSSR count). The second kappa shape index (κ2) is 15.5. The fraction of sp³-hybridized carbons (Fsp3) is 0.647.